The van der Waals surface area contributed by atoms with Crippen LogP contribution in [0.1, 0.15) is 27.7 Å². The third-order valence-corrected chi connectivity index (χ3v) is 3.00. The Morgan fingerprint density at radius 3 is 2.21 bits per heavy atom. The molecular formula is C10H17O3P. The van der Waals surface area contributed by atoms with E-state index in [1.807, 2.05) is 19.9 Å². The molecule has 0 bridgehead atoms. The predicted molar refractivity (Wildman–Crippen MR) is 58.1 cm³/mol. The van der Waals surface area contributed by atoms with Crippen molar-refractivity contribution in [3.05, 3.63) is 11.6 Å². The van der Waals surface area contributed by atoms with Gasteiger partial charge in [0.2, 0.25) is 0 Å². The van der Waals surface area contributed by atoms with Crippen molar-refractivity contribution in [2.24, 2.45) is 0 Å². The van der Waals surface area contributed by atoms with Crippen molar-refractivity contribution in [3.63, 3.8) is 0 Å². The Balaban J connectivity index is 4.64. The van der Waals surface area contributed by atoms with Gasteiger partial charge in [-0.1, -0.05) is 12.0 Å². The maximum Gasteiger partial charge on any atom is 0.405 e. The summed E-state index contributed by atoms with van der Waals surface area (Å²) in [6.07, 6.45) is 1.84. The highest BCUT2D eigenvalue weighted by molar-refractivity contribution is 7.59. The van der Waals surface area contributed by atoms with E-state index >= 15 is 0 Å². The van der Waals surface area contributed by atoms with Crippen LogP contribution in [0.15, 0.2) is 11.6 Å². The van der Waals surface area contributed by atoms with E-state index < -0.39 is 7.60 Å². The minimum absolute atomic E-state index is 0.334. The van der Waals surface area contributed by atoms with E-state index in [0.29, 0.717) is 13.2 Å². The summed E-state index contributed by atoms with van der Waals surface area (Å²) in [5, 5.41) is 0. The highest BCUT2D eigenvalue weighted by Crippen LogP contribution is 2.46. The van der Waals surface area contributed by atoms with Gasteiger partial charge in [-0.05, 0) is 33.3 Å². The molecule has 0 aliphatic rings. The Kier molecular flexibility index (Phi) is 6.57. The highest BCUT2D eigenvalue weighted by Gasteiger charge is 2.19. The van der Waals surface area contributed by atoms with E-state index in [0.717, 1.165) is 5.57 Å². The van der Waals surface area contributed by atoms with Crippen molar-refractivity contribution in [1.82, 2.24) is 0 Å². The van der Waals surface area contributed by atoms with Crippen molar-refractivity contribution in [1.29, 1.82) is 0 Å². The van der Waals surface area contributed by atoms with E-state index in [-0.39, 0.29) is 0 Å². The molecular weight excluding hydrogens is 199 g/mol. The molecule has 0 amide bonds. The first-order valence-corrected chi connectivity index (χ1v) is 6.17. The first-order chi connectivity index (χ1) is 6.58. The largest absolute Gasteiger partial charge is 0.405 e. The maximum absolute atomic E-state index is 11.8. The minimum Gasteiger partial charge on any atom is -0.300 e. The van der Waals surface area contributed by atoms with Crippen LogP contribution in [-0.2, 0) is 13.6 Å². The lowest BCUT2D eigenvalue weighted by Crippen LogP contribution is -1.93. The van der Waals surface area contributed by atoms with Gasteiger partial charge in [0.15, 0.2) is 0 Å². The lowest BCUT2D eigenvalue weighted by atomic mass is 10.3. The topological polar surface area (TPSA) is 35.5 Å². The molecule has 0 heterocycles. The summed E-state index contributed by atoms with van der Waals surface area (Å²) in [4.78, 5) is 0. The molecule has 14 heavy (non-hydrogen) atoms. The van der Waals surface area contributed by atoms with Crippen LogP contribution in [0.4, 0.5) is 0 Å². The SMILES string of the molecule is CC=C(C)C#CP(=O)(OCC)OCC. The zero-order chi connectivity index (χ0) is 11.0. The van der Waals surface area contributed by atoms with Crippen LogP contribution in [0.2, 0.25) is 0 Å². The molecule has 0 saturated heterocycles. The average Bonchev–Trinajstić information content (AvgIpc) is 2.15. The molecule has 0 aliphatic heterocycles. The first kappa shape index (κ1) is 13.4. The van der Waals surface area contributed by atoms with E-state index in [1.54, 1.807) is 13.8 Å². The normalized spacial score (nSPS) is 12.1. The van der Waals surface area contributed by atoms with Crippen LogP contribution in [0, 0.1) is 11.6 Å². The molecule has 4 heteroatoms. The smallest absolute Gasteiger partial charge is 0.300 e. The fourth-order valence-electron chi connectivity index (χ4n) is 0.671. The molecule has 0 N–H and O–H groups in total. The van der Waals surface area contributed by atoms with Crippen LogP contribution in [-0.4, -0.2) is 13.2 Å². The van der Waals surface area contributed by atoms with Gasteiger partial charge in [-0.2, -0.15) is 0 Å². The number of hydrogen-bond donors (Lipinski definition) is 0. The maximum atomic E-state index is 11.8. The molecule has 0 atom stereocenters. The van der Waals surface area contributed by atoms with Gasteiger partial charge in [-0.3, -0.25) is 9.05 Å². The fourth-order valence-corrected chi connectivity index (χ4v) is 1.87. The van der Waals surface area contributed by atoms with Gasteiger partial charge in [0.1, 0.15) is 0 Å². The predicted octanol–water partition coefficient (Wildman–Crippen LogP) is 3.18. The van der Waals surface area contributed by atoms with E-state index in [9.17, 15) is 4.57 Å². The van der Waals surface area contributed by atoms with Gasteiger partial charge in [0, 0.05) is 5.66 Å². The monoisotopic (exact) mass is 216 g/mol. The van der Waals surface area contributed by atoms with Crippen LogP contribution < -0.4 is 0 Å². The zero-order valence-corrected chi connectivity index (χ0v) is 10.1. The zero-order valence-electron chi connectivity index (χ0n) is 9.16. The molecule has 0 saturated carbocycles. The summed E-state index contributed by atoms with van der Waals surface area (Å²) in [6.45, 7) is 7.90. The molecule has 0 spiro atoms. The minimum atomic E-state index is -3.19. The highest BCUT2D eigenvalue weighted by atomic mass is 31.2. The summed E-state index contributed by atoms with van der Waals surface area (Å²) in [7, 11) is -3.19. The molecule has 0 aromatic carbocycles. The molecule has 0 aliphatic carbocycles. The van der Waals surface area contributed by atoms with E-state index in [1.165, 1.54) is 0 Å². The second-order valence-electron chi connectivity index (χ2n) is 2.54. The Morgan fingerprint density at radius 1 is 1.36 bits per heavy atom. The van der Waals surface area contributed by atoms with Crippen molar-refractivity contribution >= 4 is 7.60 Å². The van der Waals surface area contributed by atoms with Crippen LogP contribution in [0.25, 0.3) is 0 Å². The molecule has 0 aromatic rings. The Hall–Kier alpha value is -0.550. The Labute approximate surface area is 86.0 Å². The van der Waals surface area contributed by atoms with E-state index in [2.05, 4.69) is 11.6 Å². The summed E-state index contributed by atoms with van der Waals surface area (Å²) < 4.78 is 21.8. The van der Waals surface area contributed by atoms with E-state index in [4.69, 9.17) is 9.05 Å². The fraction of sp³-hybridized carbons (Fsp3) is 0.600. The lowest BCUT2D eigenvalue weighted by Gasteiger charge is -2.09. The second-order valence-corrected chi connectivity index (χ2v) is 4.28. The Bertz CT molecular complexity index is 286. The third-order valence-electron chi connectivity index (χ3n) is 1.42. The van der Waals surface area contributed by atoms with Gasteiger partial charge in [0.05, 0.1) is 13.2 Å². The molecule has 80 valence electrons. The molecule has 0 unspecified atom stereocenters. The standard InChI is InChI=1S/C10H17O3P/c1-5-10(4)8-9-14(11,12-6-2)13-7-3/h5H,6-7H2,1-4H3. The molecule has 0 aromatic heterocycles. The van der Waals surface area contributed by atoms with Gasteiger partial charge in [-0.15, -0.1) is 0 Å². The third kappa shape index (κ3) is 5.24. The summed E-state index contributed by atoms with van der Waals surface area (Å²) in [5.74, 6) is 2.74. The van der Waals surface area contributed by atoms with Crippen LogP contribution in [0.3, 0.4) is 0 Å². The van der Waals surface area contributed by atoms with Gasteiger partial charge in [0.25, 0.3) is 0 Å². The van der Waals surface area contributed by atoms with Crippen LogP contribution in [0.5, 0.6) is 0 Å². The quantitative estimate of drug-likeness (QED) is 0.534. The van der Waals surface area contributed by atoms with Crippen molar-refractivity contribution in [2.45, 2.75) is 27.7 Å². The van der Waals surface area contributed by atoms with Gasteiger partial charge < -0.3 is 0 Å². The lowest BCUT2D eigenvalue weighted by molar-refractivity contribution is 0.230. The molecule has 0 fully saturated rings. The molecule has 0 rings (SSSR count). The summed E-state index contributed by atoms with van der Waals surface area (Å²) in [5.41, 5.74) is 3.39. The molecule has 3 nitrogen and oxygen atoms in total. The van der Waals surface area contributed by atoms with Crippen molar-refractivity contribution < 1.29 is 13.6 Å². The van der Waals surface area contributed by atoms with Crippen molar-refractivity contribution in [3.8, 4) is 11.6 Å². The Morgan fingerprint density at radius 2 is 1.86 bits per heavy atom. The number of rotatable bonds is 4. The van der Waals surface area contributed by atoms with Gasteiger partial charge >= 0.3 is 7.60 Å². The average molecular weight is 216 g/mol. The summed E-state index contributed by atoms with van der Waals surface area (Å²) in [6, 6.07) is 0. The summed E-state index contributed by atoms with van der Waals surface area (Å²) >= 11 is 0. The van der Waals surface area contributed by atoms with Gasteiger partial charge in [-0.25, -0.2) is 4.57 Å². The second kappa shape index (κ2) is 6.84. The number of allylic oxidation sites excluding steroid dienone is 2. The van der Waals surface area contributed by atoms with Crippen molar-refractivity contribution in [2.75, 3.05) is 13.2 Å². The van der Waals surface area contributed by atoms with Crippen LogP contribution >= 0.6 is 7.60 Å². The first-order valence-electron chi connectivity index (χ1n) is 4.63. The molecule has 0 radical (unpaired) electrons. The number of hydrogen-bond acceptors (Lipinski definition) is 3.